The summed E-state index contributed by atoms with van der Waals surface area (Å²) in [4.78, 5) is 29.4. The predicted molar refractivity (Wildman–Crippen MR) is 73.8 cm³/mol. The number of rotatable bonds is 3. The summed E-state index contributed by atoms with van der Waals surface area (Å²) in [5.74, 6) is -0.292. The van der Waals surface area contributed by atoms with E-state index >= 15 is 0 Å². The van der Waals surface area contributed by atoms with Crippen LogP contribution in [0.4, 0.5) is 4.79 Å². The molecule has 0 spiro atoms. The second-order valence-corrected chi connectivity index (χ2v) is 5.29. The first-order valence-corrected chi connectivity index (χ1v) is 6.09. The van der Waals surface area contributed by atoms with Gasteiger partial charge in [-0.05, 0) is 26.0 Å². The number of benzene rings is 1. The van der Waals surface area contributed by atoms with Gasteiger partial charge in [0.2, 0.25) is 0 Å². The molecule has 0 aliphatic heterocycles. The standard InChI is InChI=1S/C12H13ClN4O3/c1-12(2,17-11(19)20)10-15-7-4-5(13)3-6(9(14)18)8(7)16-10/h3-4,17H,1-2H3,(H2,14,18)(H,15,16)(H,19,20). The number of fused-ring (bicyclic) bond motifs is 1. The lowest BCUT2D eigenvalue weighted by atomic mass is 10.1. The van der Waals surface area contributed by atoms with E-state index in [1.54, 1.807) is 19.9 Å². The fourth-order valence-corrected chi connectivity index (χ4v) is 2.11. The van der Waals surface area contributed by atoms with Crippen molar-refractivity contribution < 1.29 is 14.7 Å². The molecule has 0 fully saturated rings. The molecular formula is C12H13ClN4O3. The third kappa shape index (κ3) is 2.53. The molecule has 5 N–H and O–H groups in total. The number of nitrogens with zero attached hydrogens (tertiary/aromatic N) is 1. The number of hydrogen-bond acceptors (Lipinski definition) is 3. The zero-order valence-electron chi connectivity index (χ0n) is 10.8. The first-order valence-electron chi connectivity index (χ1n) is 5.71. The van der Waals surface area contributed by atoms with E-state index in [-0.39, 0.29) is 5.56 Å². The zero-order chi connectivity index (χ0) is 15.1. The van der Waals surface area contributed by atoms with E-state index in [2.05, 4.69) is 15.3 Å². The number of nitrogens with one attached hydrogen (secondary N) is 2. The smallest absolute Gasteiger partial charge is 0.405 e. The number of hydrogen-bond donors (Lipinski definition) is 4. The van der Waals surface area contributed by atoms with Crippen LogP contribution in [0.5, 0.6) is 0 Å². The average molecular weight is 297 g/mol. The molecule has 0 radical (unpaired) electrons. The van der Waals surface area contributed by atoms with Crippen LogP contribution >= 0.6 is 11.6 Å². The maximum Gasteiger partial charge on any atom is 0.405 e. The maximum absolute atomic E-state index is 11.4. The molecule has 1 heterocycles. The molecule has 0 atom stereocenters. The molecule has 0 saturated heterocycles. The quantitative estimate of drug-likeness (QED) is 0.690. The third-order valence-electron chi connectivity index (χ3n) is 2.83. The van der Waals surface area contributed by atoms with E-state index in [4.69, 9.17) is 22.4 Å². The number of aromatic amines is 1. The van der Waals surface area contributed by atoms with E-state index in [9.17, 15) is 9.59 Å². The minimum absolute atomic E-state index is 0.182. The van der Waals surface area contributed by atoms with Crippen LogP contribution in [-0.2, 0) is 5.54 Å². The zero-order valence-corrected chi connectivity index (χ0v) is 11.6. The van der Waals surface area contributed by atoms with Crippen LogP contribution in [0.15, 0.2) is 12.1 Å². The highest BCUT2D eigenvalue weighted by Crippen LogP contribution is 2.26. The van der Waals surface area contributed by atoms with Crippen LogP contribution in [-0.4, -0.2) is 27.1 Å². The number of nitrogens with two attached hydrogens (primary N) is 1. The Morgan fingerprint density at radius 3 is 2.65 bits per heavy atom. The lowest BCUT2D eigenvalue weighted by molar-refractivity contribution is 0.100. The molecule has 1 aromatic carbocycles. The molecular weight excluding hydrogens is 284 g/mol. The van der Waals surface area contributed by atoms with Crippen LogP contribution in [0.1, 0.15) is 30.0 Å². The normalized spacial score (nSPS) is 11.6. The summed E-state index contributed by atoms with van der Waals surface area (Å²) in [6, 6.07) is 3.02. The van der Waals surface area contributed by atoms with Crippen LogP contribution in [0.25, 0.3) is 11.0 Å². The average Bonchev–Trinajstić information content (AvgIpc) is 2.69. The van der Waals surface area contributed by atoms with Gasteiger partial charge in [0.1, 0.15) is 11.3 Å². The van der Waals surface area contributed by atoms with Gasteiger partial charge >= 0.3 is 6.09 Å². The van der Waals surface area contributed by atoms with Gasteiger partial charge in [-0.25, -0.2) is 9.78 Å². The summed E-state index contributed by atoms with van der Waals surface area (Å²) in [5.41, 5.74) is 5.39. The summed E-state index contributed by atoms with van der Waals surface area (Å²) in [5, 5.41) is 11.5. The number of carbonyl (C=O) groups excluding carboxylic acids is 1. The number of carboxylic acid groups (broad SMARTS) is 1. The second kappa shape index (κ2) is 4.68. The molecule has 0 aliphatic rings. The van der Waals surface area contributed by atoms with Gasteiger partial charge in [-0.2, -0.15) is 0 Å². The van der Waals surface area contributed by atoms with Crippen LogP contribution < -0.4 is 11.1 Å². The summed E-state index contributed by atoms with van der Waals surface area (Å²) < 4.78 is 0. The summed E-state index contributed by atoms with van der Waals surface area (Å²) in [6.45, 7) is 3.29. The Bertz CT molecular complexity index is 708. The minimum atomic E-state index is -1.18. The number of imidazole rings is 1. The topological polar surface area (TPSA) is 121 Å². The van der Waals surface area contributed by atoms with Crippen molar-refractivity contribution in [3.63, 3.8) is 0 Å². The Balaban J connectivity index is 2.62. The van der Waals surface area contributed by atoms with Gasteiger partial charge in [0.25, 0.3) is 5.91 Å². The van der Waals surface area contributed by atoms with Crippen molar-refractivity contribution in [3.8, 4) is 0 Å². The Morgan fingerprint density at radius 2 is 2.10 bits per heavy atom. The Morgan fingerprint density at radius 1 is 1.45 bits per heavy atom. The molecule has 1 aromatic heterocycles. The highest BCUT2D eigenvalue weighted by atomic mass is 35.5. The van der Waals surface area contributed by atoms with Crippen LogP contribution in [0, 0.1) is 0 Å². The molecule has 8 heteroatoms. The number of amides is 2. The molecule has 2 aromatic rings. The second-order valence-electron chi connectivity index (χ2n) is 4.85. The van der Waals surface area contributed by atoms with E-state index < -0.39 is 17.5 Å². The van der Waals surface area contributed by atoms with Crippen molar-refractivity contribution in [1.29, 1.82) is 0 Å². The Labute approximate surface area is 119 Å². The van der Waals surface area contributed by atoms with Crippen molar-refractivity contribution in [2.75, 3.05) is 0 Å². The van der Waals surface area contributed by atoms with Crippen LogP contribution in [0.2, 0.25) is 5.02 Å². The van der Waals surface area contributed by atoms with Crippen LogP contribution in [0.3, 0.4) is 0 Å². The Kier molecular flexibility index (Phi) is 3.31. The predicted octanol–water partition coefficient (Wildman–Crippen LogP) is 1.82. The van der Waals surface area contributed by atoms with E-state index in [0.29, 0.717) is 21.9 Å². The fraction of sp³-hybridized carbons (Fsp3) is 0.250. The van der Waals surface area contributed by atoms with Crippen molar-refractivity contribution >= 4 is 34.6 Å². The van der Waals surface area contributed by atoms with Gasteiger partial charge in [-0.3, -0.25) is 4.79 Å². The molecule has 0 bridgehead atoms. The van der Waals surface area contributed by atoms with Crippen molar-refractivity contribution in [1.82, 2.24) is 15.3 Å². The number of H-pyrrole nitrogens is 1. The summed E-state index contributed by atoms with van der Waals surface area (Å²) in [6.07, 6.45) is -1.18. The summed E-state index contributed by atoms with van der Waals surface area (Å²) in [7, 11) is 0. The first kappa shape index (κ1) is 14.1. The van der Waals surface area contributed by atoms with E-state index in [0.717, 1.165) is 0 Å². The van der Waals surface area contributed by atoms with E-state index in [1.807, 2.05) is 0 Å². The minimum Gasteiger partial charge on any atom is -0.465 e. The molecule has 0 unspecified atom stereocenters. The lowest BCUT2D eigenvalue weighted by Gasteiger charge is -2.21. The SMILES string of the molecule is CC(C)(NC(=O)O)c1nc2c(C(N)=O)cc(Cl)cc2[nH]1. The number of halogens is 1. The highest BCUT2D eigenvalue weighted by Gasteiger charge is 2.27. The fourth-order valence-electron chi connectivity index (χ4n) is 1.89. The maximum atomic E-state index is 11.4. The monoisotopic (exact) mass is 296 g/mol. The molecule has 0 saturated carbocycles. The molecule has 20 heavy (non-hydrogen) atoms. The third-order valence-corrected chi connectivity index (χ3v) is 3.05. The molecule has 7 nitrogen and oxygen atoms in total. The van der Waals surface area contributed by atoms with Gasteiger partial charge in [0, 0.05) is 5.02 Å². The van der Waals surface area contributed by atoms with Crippen molar-refractivity contribution in [3.05, 3.63) is 28.5 Å². The lowest BCUT2D eigenvalue weighted by Crippen LogP contribution is -2.40. The van der Waals surface area contributed by atoms with Crippen molar-refractivity contribution in [2.45, 2.75) is 19.4 Å². The van der Waals surface area contributed by atoms with Gasteiger partial charge in [-0.15, -0.1) is 0 Å². The largest absolute Gasteiger partial charge is 0.465 e. The first-order chi connectivity index (χ1) is 9.20. The van der Waals surface area contributed by atoms with Gasteiger partial charge < -0.3 is 21.1 Å². The number of aromatic nitrogens is 2. The van der Waals surface area contributed by atoms with Crippen molar-refractivity contribution in [2.24, 2.45) is 5.73 Å². The van der Waals surface area contributed by atoms with Gasteiger partial charge in [0.15, 0.2) is 0 Å². The van der Waals surface area contributed by atoms with Gasteiger partial charge in [-0.1, -0.05) is 11.6 Å². The number of primary amides is 1. The molecule has 2 rings (SSSR count). The van der Waals surface area contributed by atoms with E-state index in [1.165, 1.54) is 6.07 Å². The number of carbonyl (C=O) groups is 2. The van der Waals surface area contributed by atoms with Gasteiger partial charge in [0.05, 0.1) is 16.6 Å². The summed E-state index contributed by atoms with van der Waals surface area (Å²) >= 11 is 5.91. The highest BCUT2D eigenvalue weighted by molar-refractivity contribution is 6.32. The molecule has 0 aliphatic carbocycles. The Hall–Kier alpha value is -2.28. The molecule has 2 amide bonds. The molecule has 106 valence electrons.